The highest BCUT2D eigenvalue weighted by Gasteiger charge is 2.35. The van der Waals surface area contributed by atoms with Gasteiger partial charge in [0.15, 0.2) is 0 Å². The fourth-order valence-corrected chi connectivity index (χ4v) is 3.05. The smallest absolute Gasteiger partial charge is 0.128 e. The summed E-state index contributed by atoms with van der Waals surface area (Å²) < 4.78 is 11.9. The summed E-state index contributed by atoms with van der Waals surface area (Å²) >= 11 is 0. The fourth-order valence-electron chi connectivity index (χ4n) is 3.05. The minimum absolute atomic E-state index is 0.0970. The van der Waals surface area contributed by atoms with Gasteiger partial charge in [0.05, 0.1) is 6.61 Å². The van der Waals surface area contributed by atoms with Crippen molar-refractivity contribution in [1.29, 1.82) is 0 Å². The van der Waals surface area contributed by atoms with E-state index < -0.39 is 0 Å². The molecule has 124 valence electrons. The second-order valence-electron chi connectivity index (χ2n) is 6.46. The van der Waals surface area contributed by atoms with Crippen LogP contribution in [0.15, 0.2) is 18.2 Å². The summed E-state index contributed by atoms with van der Waals surface area (Å²) in [7, 11) is 0. The predicted octanol–water partition coefficient (Wildman–Crippen LogP) is 4.86. The van der Waals surface area contributed by atoms with Crippen LogP contribution in [0.25, 0.3) is 0 Å². The highest BCUT2D eigenvalue weighted by atomic mass is 16.5. The third kappa shape index (κ3) is 4.16. The Kier molecular flexibility index (Phi) is 6.13. The van der Waals surface area contributed by atoms with E-state index in [9.17, 15) is 0 Å². The summed E-state index contributed by atoms with van der Waals surface area (Å²) in [6, 6.07) is 6.64. The highest BCUT2D eigenvalue weighted by Crippen LogP contribution is 2.42. The summed E-state index contributed by atoms with van der Waals surface area (Å²) in [6.07, 6.45) is 5.83. The molecule has 2 rings (SSSR count). The average molecular weight is 305 g/mol. The maximum Gasteiger partial charge on any atom is 0.128 e. The van der Waals surface area contributed by atoms with Crippen molar-refractivity contribution in [2.24, 2.45) is 0 Å². The molecular formula is C19H31NO2. The molecule has 1 aromatic carbocycles. The summed E-state index contributed by atoms with van der Waals surface area (Å²) in [5.74, 6) is 1.88. The zero-order valence-corrected chi connectivity index (χ0v) is 14.6. The Hall–Kier alpha value is -1.22. The lowest BCUT2D eigenvalue weighted by Crippen LogP contribution is -2.41. The molecule has 1 aromatic rings. The lowest BCUT2D eigenvalue weighted by atomic mass is 9.86. The van der Waals surface area contributed by atoms with Crippen LogP contribution in [0.1, 0.15) is 71.4 Å². The summed E-state index contributed by atoms with van der Waals surface area (Å²) in [5.41, 5.74) is 1.17. The van der Waals surface area contributed by atoms with Crippen LogP contribution in [0, 0.1) is 0 Å². The number of hydrogen-bond donors (Lipinski definition) is 1. The molecule has 0 aliphatic carbocycles. The Morgan fingerprint density at radius 3 is 2.77 bits per heavy atom. The van der Waals surface area contributed by atoms with Crippen molar-refractivity contribution in [1.82, 2.24) is 5.32 Å². The zero-order chi connectivity index (χ0) is 16.0. The second-order valence-corrected chi connectivity index (χ2v) is 6.46. The summed E-state index contributed by atoms with van der Waals surface area (Å²) in [5, 5.41) is 3.73. The van der Waals surface area contributed by atoms with Crippen LogP contribution in [0.4, 0.5) is 0 Å². The quantitative estimate of drug-likeness (QED) is 0.696. The van der Waals surface area contributed by atoms with Crippen LogP contribution in [0.3, 0.4) is 0 Å². The van der Waals surface area contributed by atoms with E-state index in [1.807, 2.05) is 13.0 Å². The number of hydrogen-bond acceptors (Lipinski definition) is 3. The number of benzene rings is 1. The molecule has 2 unspecified atom stereocenters. The first kappa shape index (κ1) is 17.1. The molecule has 0 amide bonds. The van der Waals surface area contributed by atoms with Gasteiger partial charge in [-0.05, 0) is 39.3 Å². The van der Waals surface area contributed by atoms with Gasteiger partial charge in [-0.25, -0.2) is 0 Å². The van der Waals surface area contributed by atoms with Crippen molar-refractivity contribution in [3.8, 4) is 11.5 Å². The maximum absolute atomic E-state index is 6.29. The van der Waals surface area contributed by atoms with Crippen molar-refractivity contribution >= 4 is 0 Å². The van der Waals surface area contributed by atoms with Gasteiger partial charge in [0.2, 0.25) is 0 Å². The number of rotatable bonds is 8. The van der Waals surface area contributed by atoms with Crippen molar-refractivity contribution < 1.29 is 9.47 Å². The number of ether oxygens (including phenoxy) is 2. The van der Waals surface area contributed by atoms with Crippen LogP contribution in [0.5, 0.6) is 11.5 Å². The van der Waals surface area contributed by atoms with Gasteiger partial charge in [-0.2, -0.15) is 0 Å². The molecule has 1 aliphatic rings. The van der Waals surface area contributed by atoms with Crippen molar-refractivity contribution in [2.45, 2.75) is 71.4 Å². The lowest BCUT2D eigenvalue weighted by Gasteiger charge is -2.40. The van der Waals surface area contributed by atoms with E-state index in [-0.39, 0.29) is 5.60 Å². The Morgan fingerprint density at radius 1 is 1.27 bits per heavy atom. The van der Waals surface area contributed by atoms with Crippen molar-refractivity contribution in [2.75, 3.05) is 13.2 Å². The van der Waals surface area contributed by atoms with Gasteiger partial charge in [-0.3, -0.25) is 0 Å². The highest BCUT2D eigenvalue weighted by molar-refractivity contribution is 5.44. The van der Waals surface area contributed by atoms with Crippen LogP contribution in [-0.2, 0) is 0 Å². The molecule has 0 spiro atoms. The lowest BCUT2D eigenvalue weighted by molar-refractivity contribution is 0.0439. The Morgan fingerprint density at radius 2 is 2.09 bits per heavy atom. The van der Waals surface area contributed by atoms with E-state index in [0.29, 0.717) is 12.6 Å². The average Bonchev–Trinajstić information content (AvgIpc) is 2.51. The topological polar surface area (TPSA) is 30.5 Å². The van der Waals surface area contributed by atoms with E-state index in [2.05, 4.69) is 38.2 Å². The number of fused-ring (bicyclic) bond motifs is 1. The minimum atomic E-state index is -0.0970. The third-order valence-corrected chi connectivity index (χ3v) is 4.58. The van der Waals surface area contributed by atoms with Crippen molar-refractivity contribution in [3.63, 3.8) is 0 Å². The van der Waals surface area contributed by atoms with Crippen LogP contribution >= 0.6 is 0 Å². The number of unbranched alkanes of at least 4 members (excludes halogenated alkanes) is 2. The van der Waals surface area contributed by atoms with E-state index >= 15 is 0 Å². The number of nitrogens with one attached hydrogen (secondary N) is 1. The largest absolute Gasteiger partial charge is 0.494 e. The maximum atomic E-state index is 6.29. The first-order valence-corrected chi connectivity index (χ1v) is 8.81. The molecule has 0 saturated heterocycles. The third-order valence-electron chi connectivity index (χ3n) is 4.58. The van der Waals surface area contributed by atoms with E-state index in [1.54, 1.807) is 0 Å². The van der Waals surface area contributed by atoms with Gasteiger partial charge in [0.25, 0.3) is 0 Å². The Labute approximate surface area is 135 Å². The molecular weight excluding hydrogens is 274 g/mol. The minimum Gasteiger partial charge on any atom is -0.494 e. The molecule has 0 aromatic heterocycles. The molecule has 3 nitrogen and oxygen atoms in total. The Balaban J connectivity index is 2.16. The van der Waals surface area contributed by atoms with Gasteiger partial charge in [0.1, 0.15) is 17.1 Å². The molecule has 1 aliphatic heterocycles. The van der Waals surface area contributed by atoms with Gasteiger partial charge >= 0.3 is 0 Å². The van der Waals surface area contributed by atoms with E-state index in [0.717, 1.165) is 30.9 Å². The molecule has 0 bridgehead atoms. The van der Waals surface area contributed by atoms with Crippen LogP contribution < -0.4 is 14.8 Å². The molecule has 1 heterocycles. The Bertz CT molecular complexity index is 475. The van der Waals surface area contributed by atoms with Gasteiger partial charge in [-0.15, -0.1) is 0 Å². The molecule has 3 heteroatoms. The second kappa shape index (κ2) is 7.87. The molecule has 0 saturated carbocycles. The summed E-state index contributed by atoms with van der Waals surface area (Å²) in [6.45, 7) is 10.4. The molecule has 22 heavy (non-hydrogen) atoms. The normalized spacial score (nSPS) is 23.7. The molecule has 1 N–H and O–H groups in total. The monoisotopic (exact) mass is 305 g/mol. The SMILES string of the molecule is CCCCCNC1CC(C)(CC)Oc2cc(OCC)ccc21. The van der Waals surface area contributed by atoms with Crippen molar-refractivity contribution in [3.05, 3.63) is 23.8 Å². The van der Waals surface area contributed by atoms with Gasteiger partial charge < -0.3 is 14.8 Å². The van der Waals surface area contributed by atoms with E-state index in [4.69, 9.17) is 9.47 Å². The van der Waals surface area contributed by atoms with Gasteiger partial charge in [-0.1, -0.05) is 32.8 Å². The summed E-state index contributed by atoms with van der Waals surface area (Å²) in [4.78, 5) is 0. The van der Waals surface area contributed by atoms with E-state index in [1.165, 1.54) is 24.8 Å². The molecule has 2 atom stereocenters. The predicted molar refractivity (Wildman–Crippen MR) is 91.8 cm³/mol. The molecule has 0 fully saturated rings. The van der Waals surface area contributed by atoms with Crippen LogP contribution in [0.2, 0.25) is 0 Å². The first-order valence-electron chi connectivity index (χ1n) is 8.81. The standard InChI is InChI=1S/C19H31NO2/c1-5-8-9-12-20-17-14-19(4,6-2)22-18-13-15(21-7-3)10-11-16(17)18/h10-11,13,17,20H,5-9,12,14H2,1-4H3. The molecule has 0 radical (unpaired) electrons. The van der Waals surface area contributed by atoms with Crippen LogP contribution in [-0.4, -0.2) is 18.8 Å². The zero-order valence-electron chi connectivity index (χ0n) is 14.6. The van der Waals surface area contributed by atoms with Gasteiger partial charge in [0, 0.05) is 24.1 Å². The first-order chi connectivity index (χ1) is 10.6. The fraction of sp³-hybridized carbons (Fsp3) is 0.684.